The predicted octanol–water partition coefficient (Wildman–Crippen LogP) is 2.44. The van der Waals surface area contributed by atoms with E-state index in [4.69, 9.17) is 17.3 Å². The standard InChI is InChI=1S/C11H11ClFN3/c12-8-2-1-7(5-9(8)13)10(14)6-11-15-3-4-16-11/h1-5,10H,6,14H2,(H,15,16). The van der Waals surface area contributed by atoms with Gasteiger partial charge in [-0.2, -0.15) is 0 Å². The Labute approximate surface area is 97.5 Å². The van der Waals surface area contributed by atoms with Crippen LogP contribution in [0.5, 0.6) is 0 Å². The molecule has 0 bridgehead atoms. The molecule has 0 fully saturated rings. The molecule has 1 aromatic heterocycles. The van der Waals surface area contributed by atoms with Crippen molar-refractivity contribution >= 4 is 11.6 Å². The monoisotopic (exact) mass is 239 g/mol. The number of aromatic amines is 1. The number of hydrogen-bond acceptors (Lipinski definition) is 2. The van der Waals surface area contributed by atoms with Gasteiger partial charge in [-0.1, -0.05) is 17.7 Å². The molecule has 0 aliphatic carbocycles. The number of rotatable bonds is 3. The number of halogens is 2. The fourth-order valence-corrected chi connectivity index (χ4v) is 1.60. The molecule has 2 aromatic rings. The molecule has 2 rings (SSSR count). The molecule has 0 radical (unpaired) electrons. The smallest absolute Gasteiger partial charge is 0.142 e. The summed E-state index contributed by atoms with van der Waals surface area (Å²) in [4.78, 5) is 7.02. The molecule has 1 heterocycles. The molecule has 84 valence electrons. The molecule has 0 amide bonds. The lowest BCUT2D eigenvalue weighted by Gasteiger charge is -2.10. The molecule has 0 aliphatic heterocycles. The van der Waals surface area contributed by atoms with Crippen molar-refractivity contribution in [1.29, 1.82) is 0 Å². The van der Waals surface area contributed by atoms with Gasteiger partial charge in [0.15, 0.2) is 0 Å². The normalized spacial score (nSPS) is 12.7. The van der Waals surface area contributed by atoms with Crippen molar-refractivity contribution in [3.8, 4) is 0 Å². The molecule has 1 unspecified atom stereocenters. The van der Waals surface area contributed by atoms with Crippen LogP contribution < -0.4 is 5.73 Å². The summed E-state index contributed by atoms with van der Waals surface area (Å²) in [6.45, 7) is 0. The molecule has 0 saturated carbocycles. The van der Waals surface area contributed by atoms with Crippen LogP contribution in [0.3, 0.4) is 0 Å². The van der Waals surface area contributed by atoms with E-state index in [0.717, 1.165) is 5.82 Å². The summed E-state index contributed by atoms with van der Waals surface area (Å²) in [5, 5.41) is 0.106. The number of hydrogen-bond donors (Lipinski definition) is 2. The number of benzene rings is 1. The summed E-state index contributed by atoms with van der Waals surface area (Å²) in [7, 11) is 0. The van der Waals surface area contributed by atoms with E-state index in [1.54, 1.807) is 18.5 Å². The lowest BCUT2D eigenvalue weighted by atomic mass is 10.0. The van der Waals surface area contributed by atoms with Crippen molar-refractivity contribution in [2.45, 2.75) is 12.5 Å². The third-order valence-corrected chi connectivity index (χ3v) is 2.65. The van der Waals surface area contributed by atoms with Crippen molar-refractivity contribution < 1.29 is 4.39 Å². The Kier molecular flexibility index (Phi) is 3.22. The maximum atomic E-state index is 13.2. The summed E-state index contributed by atoms with van der Waals surface area (Å²) in [6, 6.07) is 4.29. The molecule has 0 saturated heterocycles. The van der Waals surface area contributed by atoms with Gasteiger partial charge in [0, 0.05) is 24.9 Å². The lowest BCUT2D eigenvalue weighted by Crippen LogP contribution is -2.14. The number of imidazole rings is 1. The fraction of sp³-hybridized carbons (Fsp3) is 0.182. The number of nitrogens with one attached hydrogen (secondary N) is 1. The number of H-pyrrole nitrogens is 1. The van der Waals surface area contributed by atoms with Crippen molar-refractivity contribution in [2.75, 3.05) is 0 Å². The number of nitrogens with zero attached hydrogens (tertiary/aromatic N) is 1. The van der Waals surface area contributed by atoms with Crippen LogP contribution in [0.2, 0.25) is 5.02 Å². The fourth-order valence-electron chi connectivity index (χ4n) is 1.48. The van der Waals surface area contributed by atoms with Gasteiger partial charge in [0.1, 0.15) is 11.6 Å². The first-order valence-corrected chi connectivity index (χ1v) is 5.23. The molecular weight excluding hydrogens is 229 g/mol. The topological polar surface area (TPSA) is 54.7 Å². The highest BCUT2D eigenvalue weighted by Crippen LogP contribution is 2.20. The van der Waals surface area contributed by atoms with Crippen LogP contribution in [-0.2, 0) is 6.42 Å². The third kappa shape index (κ3) is 2.40. The Balaban J connectivity index is 2.14. The summed E-state index contributed by atoms with van der Waals surface area (Å²) >= 11 is 5.59. The van der Waals surface area contributed by atoms with Gasteiger partial charge >= 0.3 is 0 Å². The van der Waals surface area contributed by atoms with Gasteiger partial charge in [-0.05, 0) is 17.7 Å². The maximum Gasteiger partial charge on any atom is 0.142 e. The van der Waals surface area contributed by atoms with E-state index >= 15 is 0 Å². The van der Waals surface area contributed by atoms with Crippen LogP contribution in [0.25, 0.3) is 0 Å². The number of nitrogens with two attached hydrogens (primary N) is 1. The van der Waals surface area contributed by atoms with Gasteiger partial charge < -0.3 is 10.7 Å². The van der Waals surface area contributed by atoms with Gasteiger partial charge in [0.2, 0.25) is 0 Å². The average Bonchev–Trinajstić information content (AvgIpc) is 2.74. The van der Waals surface area contributed by atoms with Crippen molar-refractivity contribution in [1.82, 2.24) is 9.97 Å². The van der Waals surface area contributed by atoms with Gasteiger partial charge in [0.05, 0.1) is 5.02 Å². The van der Waals surface area contributed by atoms with E-state index in [-0.39, 0.29) is 11.1 Å². The van der Waals surface area contributed by atoms with Crippen LogP contribution in [0.15, 0.2) is 30.6 Å². The SMILES string of the molecule is NC(Cc1ncc[nH]1)c1ccc(Cl)c(F)c1. The molecule has 3 nitrogen and oxygen atoms in total. The summed E-state index contributed by atoms with van der Waals surface area (Å²) in [5.74, 6) is 0.330. The molecule has 16 heavy (non-hydrogen) atoms. The summed E-state index contributed by atoms with van der Waals surface area (Å²) in [6.07, 6.45) is 3.92. The van der Waals surface area contributed by atoms with Crippen LogP contribution in [-0.4, -0.2) is 9.97 Å². The van der Waals surface area contributed by atoms with Gasteiger partial charge in [0.25, 0.3) is 0 Å². The van der Waals surface area contributed by atoms with Gasteiger partial charge in [-0.25, -0.2) is 9.37 Å². The van der Waals surface area contributed by atoms with Crippen LogP contribution in [0, 0.1) is 5.82 Å². The Morgan fingerprint density at radius 1 is 1.50 bits per heavy atom. The molecule has 1 aromatic carbocycles. The zero-order valence-corrected chi connectivity index (χ0v) is 9.21. The second-order valence-electron chi connectivity index (χ2n) is 3.52. The zero-order chi connectivity index (χ0) is 11.5. The van der Waals surface area contributed by atoms with Crippen LogP contribution >= 0.6 is 11.6 Å². The van der Waals surface area contributed by atoms with Crippen molar-refractivity contribution in [2.24, 2.45) is 5.73 Å². The average molecular weight is 240 g/mol. The first kappa shape index (κ1) is 11.1. The van der Waals surface area contributed by atoms with Gasteiger partial charge in [-0.15, -0.1) is 0 Å². The van der Waals surface area contributed by atoms with Crippen LogP contribution in [0.1, 0.15) is 17.4 Å². The first-order chi connectivity index (χ1) is 7.66. The Hall–Kier alpha value is -1.39. The van der Waals surface area contributed by atoms with Crippen LogP contribution in [0.4, 0.5) is 4.39 Å². The highest BCUT2D eigenvalue weighted by molar-refractivity contribution is 6.30. The van der Waals surface area contributed by atoms with E-state index in [1.165, 1.54) is 12.1 Å². The van der Waals surface area contributed by atoms with Gasteiger partial charge in [-0.3, -0.25) is 0 Å². The summed E-state index contributed by atoms with van der Waals surface area (Å²) < 4.78 is 13.2. The van der Waals surface area contributed by atoms with Crippen molar-refractivity contribution in [3.63, 3.8) is 0 Å². The maximum absolute atomic E-state index is 13.2. The Morgan fingerprint density at radius 2 is 2.31 bits per heavy atom. The van der Waals surface area contributed by atoms with E-state index < -0.39 is 5.82 Å². The van der Waals surface area contributed by atoms with E-state index in [0.29, 0.717) is 12.0 Å². The highest BCUT2D eigenvalue weighted by Gasteiger charge is 2.10. The minimum atomic E-state index is -0.450. The minimum Gasteiger partial charge on any atom is -0.349 e. The van der Waals surface area contributed by atoms with E-state index in [1.807, 2.05) is 0 Å². The van der Waals surface area contributed by atoms with Crippen molar-refractivity contribution in [3.05, 3.63) is 52.8 Å². The second-order valence-corrected chi connectivity index (χ2v) is 3.93. The van der Waals surface area contributed by atoms with E-state index in [9.17, 15) is 4.39 Å². The summed E-state index contributed by atoms with van der Waals surface area (Å²) in [5.41, 5.74) is 6.64. The molecule has 3 N–H and O–H groups in total. The lowest BCUT2D eigenvalue weighted by molar-refractivity contribution is 0.617. The molecule has 0 spiro atoms. The molecule has 0 aliphatic rings. The minimum absolute atomic E-state index is 0.106. The Morgan fingerprint density at radius 3 is 2.94 bits per heavy atom. The first-order valence-electron chi connectivity index (χ1n) is 4.85. The molecule has 1 atom stereocenters. The Bertz CT molecular complexity index is 470. The molecule has 5 heteroatoms. The van der Waals surface area contributed by atoms with E-state index in [2.05, 4.69) is 9.97 Å². The predicted molar refractivity (Wildman–Crippen MR) is 60.6 cm³/mol. The number of aromatic nitrogens is 2. The third-order valence-electron chi connectivity index (χ3n) is 2.34. The zero-order valence-electron chi connectivity index (χ0n) is 8.45. The second kappa shape index (κ2) is 4.63. The largest absolute Gasteiger partial charge is 0.349 e. The quantitative estimate of drug-likeness (QED) is 0.865. The highest BCUT2D eigenvalue weighted by atomic mass is 35.5. The molecular formula is C11H11ClFN3.